The van der Waals surface area contributed by atoms with Crippen molar-refractivity contribution in [2.45, 2.75) is 39.8 Å². The molecule has 0 aliphatic heterocycles. The highest BCUT2D eigenvalue weighted by atomic mass is 16.4. The molecule has 0 aliphatic rings. The molecule has 0 atom stereocenters. The van der Waals surface area contributed by atoms with Gasteiger partial charge in [0.15, 0.2) is 0 Å². The molecule has 112 valence electrons. The zero-order chi connectivity index (χ0) is 15.6. The van der Waals surface area contributed by atoms with Crippen LogP contribution in [0.1, 0.15) is 42.4 Å². The van der Waals surface area contributed by atoms with E-state index in [2.05, 4.69) is 36.4 Å². The number of nitrogens with zero attached hydrogens (tertiary/aromatic N) is 3. The van der Waals surface area contributed by atoms with Gasteiger partial charge in [-0.2, -0.15) is 0 Å². The molecule has 1 aromatic carbocycles. The Hall–Kier alpha value is -2.37. The van der Waals surface area contributed by atoms with Crippen LogP contribution >= 0.6 is 0 Å². The van der Waals surface area contributed by atoms with Gasteiger partial charge in [-0.05, 0) is 45.4 Å². The van der Waals surface area contributed by atoms with Crippen LogP contribution in [-0.4, -0.2) is 26.1 Å². The van der Waals surface area contributed by atoms with Crippen molar-refractivity contribution in [1.29, 1.82) is 0 Å². The first-order valence-electron chi connectivity index (χ1n) is 6.77. The van der Waals surface area contributed by atoms with Crippen LogP contribution in [0.15, 0.2) is 24.4 Å². The molecule has 1 heterocycles. The maximum atomic E-state index is 11.1. The summed E-state index contributed by atoms with van der Waals surface area (Å²) in [5.41, 5.74) is 2.52. The number of carboxylic acids is 1. The zero-order valence-electron chi connectivity index (χ0n) is 12.7. The number of rotatable bonds is 4. The van der Waals surface area contributed by atoms with Gasteiger partial charge in [0.1, 0.15) is 5.69 Å². The number of nitrogens with one attached hydrogen (secondary N) is 1. The molecule has 0 radical (unpaired) electrons. The van der Waals surface area contributed by atoms with Gasteiger partial charge in [-0.3, -0.25) is 0 Å². The number of hydrogen-bond acceptors (Lipinski definition) is 4. The van der Waals surface area contributed by atoms with Crippen LogP contribution in [0.3, 0.4) is 0 Å². The van der Waals surface area contributed by atoms with Crippen molar-refractivity contribution >= 4 is 11.7 Å². The minimum absolute atomic E-state index is 0.107. The highest BCUT2D eigenvalue weighted by Crippen LogP contribution is 2.20. The van der Waals surface area contributed by atoms with Gasteiger partial charge in [-0.15, -0.1) is 5.10 Å². The second-order valence-electron chi connectivity index (χ2n) is 5.96. The Morgan fingerprint density at radius 3 is 2.67 bits per heavy atom. The molecule has 0 fully saturated rings. The Morgan fingerprint density at radius 1 is 1.38 bits per heavy atom. The van der Waals surface area contributed by atoms with Crippen LogP contribution in [0.2, 0.25) is 0 Å². The molecular formula is C15H20N4O2. The van der Waals surface area contributed by atoms with E-state index in [-0.39, 0.29) is 5.54 Å². The number of hydrogen-bond donors (Lipinski definition) is 2. The summed E-state index contributed by atoms with van der Waals surface area (Å²) in [5, 5.41) is 20.5. The summed E-state index contributed by atoms with van der Waals surface area (Å²) in [6.45, 7) is 8.45. The smallest absolute Gasteiger partial charge is 0.336 e. The standard InChI is InChI=1S/C15H20N4O2/c1-10-12(14(20)21)6-5-7-13(10)16-8-11-9-19(18-17-11)15(2,3)4/h5-7,9,16H,8H2,1-4H3,(H,20,21). The Bertz CT molecular complexity index is 656. The monoisotopic (exact) mass is 288 g/mol. The van der Waals surface area contributed by atoms with E-state index in [1.807, 2.05) is 16.9 Å². The topological polar surface area (TPSA) is 80.0 Å². The van der Waals surface area contributed by atoms with Crippen molar-refractivity contribution < 1.29 is 9.90 Å². The quantitative estimate of drug-likeness (QED) is 0.904. The molecule has 0 unspecified atom stereocenters. The van der Waals surface area contributed by atoms with Crippen LogP contribution in [0, 0.1) is 6.92 Å². The first-order chi connectivity index (χ1) is 9.79. The van der Waals surface area contributed by atoms with Crippen molar-refractivity contribution in [2.24, 2.45) is 0 Å². The van der Waals surface area contributed by atoms with Crippen molar-refractivity contribution in [3.8, 4) is 0 Å². The van der Waals surface area contributed by atoms with Crippen molar-refractivity contribution in [3.63, 3.8) is 0 Å². The lowest BCUT2D eigenvalue weighted by atomic mass is 10.1. The molecule has 0 saturated carbocycles. The highest BCUT2D eigenvalue weighted by molar-refractivity contribution is 5.91. The van der Waals surface area contributed by atoms with E-state index < -0.39 is 5.97 Å². The van der Waals surface area contributed by atoms with E-state index in [1.54, 1.807) is 19.1 Å². The lowest BCUT2D eigenvalue weighted by Crippen LogP contribution is -2.22. The molecule has 0 amide bonds. The Kier molecular flexibility index (Phi) is 3.97. The maximum Gasteiger partial charge on any atom is 0.336 e. The van der Waals surface area contributed by atoms with Gasteiger partial charge in [-0.25, -0.2) is 9.48 Å². The van der Waals surface area contributed by atoms with Gasteiger partial charge in [0.05, 0.1) is 23.8 Å². The molecule has 21 heavy (non-hydrogen) atoms. The molecule has 1 aromatic heterocycles. The molecule has 2 aromatic rings. The summed E-state index contributed by atoms with van der Waals surface area (Å²) in [7, 11) is 0. The summed E-state index contributed by atoms with van der Waals surface area (Å²) in [4.78, 5) is 11.1. The molecule has 6 heteroatoms. The van der Waals surface area contributed by atoms with E-state index in [4.69, 9.17) is 5.11 Å². The van der Waals surface area contributed by atoms with Gasteiger partial charge in [-0.1, -0.05) is 11.3 Å². The number of carboxylic acid groups (broad SMARTS) is 1. The first kappa shape index (κ1) is 15.0. The molecule has 0 spiro atoms. The minimum atomic E-state index is -0.921. The zero-order valence-corrected chi connectivity index (χ0v) is 12.7. The van der Waals surface area contributed by atoms with Crippen LogP contribution in [-0.2, 0) is 12.1 Å². The van der Waals surface area contributed by atoms with Crippen molar-refractivity contribution in [2.75, 3.05) is 5.32 Å². The molecule has 2 rings (SSSR count). The van der Waals surface area contributed by atoms with Crippen molar-refractivity contribution in [3.05, 3.63) is 41.2 Å². The largest absolute Gasteiger partial charge is 0.478 e. The summed E-state index contributed by atoms with van der Waals surface area (Å²) < 4.78 is 1.81. The third-order valence-corrected chi connectivity index (χ3v) is 3.25. The fourth-order valence-corrected chi connectivity index (χ4v) is 1.95. The third kappa shape index (κ3) is 3.39. The second kappa shape index (κ2) is 5.55. The van der Waals surface area contributed by atoms with Crippen LogP contribution < -0.4 is 5.32 Å². The van der Waals surface area contributed by atoms with E-state index in [0.717, 1.165) is 11.4 Å². The number of aromatic nitrogens is 3. The second-order valence-corrected chi connectivity index (χ2v) is 5.96. The Balaban J connectivity index is 2.12. The van der Waals surface area contributed by atoms with Gasteiger partial charge in [0, 0.05) is 5.69 Å². The lowest BCUT2D eigenvalue weighted by molar-refractivity contribution is 0.0696. The highest BCUT2D eigenvalue weighted by Gasteiger charge is 2.15. The number of benzene rings is 1. The van der Waals surface area contributed by atoms with Crippen LogP contribution in [0.25, 0.3) is 0 Å². The summed E-state index contributed by atoms with van der Waals surface area (Å²) >= 11 is 0. The van der Waals surface area contributed by atoms with Gasteiger partial charge in [0.2, 0.25) is 0 Å². The summed E-state index contributed by atoms with van der Waals surface area (Å²) in [5.74, 6) is -0.921. The average molecular weight is 288 g/mol. The Labute approximate surface area is 123 Å². The van der Waals surface area contributed by atoms with E-state index in [0.29, 0.717) is 17.7 Å². The van der Waals surface area contributed by atoms with Crippen LogP contribution in [0.5, 0.6) is 0 Å². The predicted octanol–water partition coefficient (Wildman–Crippen LogP) is 2.65. The molecule has 6 nitrogen and oxygen atoms in total. The molecule has 0 aliphatic carbocycles. The van der Waals surface area contributed by atoms with E-state index >= 15 is 0 Å². The van der Waals surface area contributed by atoms with Crippen molar-refractivity contribution in [1.82, 2.24) is 15.0 Å². The summed E-state index contributed by atoms with van der Waals surface area (Å²) in [6, 6.07) is 5.18. The first-order valence-corrected chi connectivity index (χ1v) is 6.77. The number of carbonyl (C=O) groups is 1. The number of aromatic carboxylic acids is 1. The predicted molar refractivity (Wildman–Crippen MR) is 80.5 cm³/mol. The van der Waals surface area contributed by atoms with E-state index in [9.17, 15) is 4.79 Å². The van der Waals surface area contributed by atoms with Gasteiger partial charge >= 0.3 is 5.97 Å². The normalized spacial score (nSPS) is 11.4. The third-order valence-electron chi connectivity index (χ3n) is 3.25. The fourth-order valence-electron chi connectivity index (χ4n) is 1.95. The molecule has 2 N–H and O–H groups in total. The maximum absolute atomic E-state index is 11.1. The molecule has 0 bridgehead atoms. The summed E-state index contributed by atoms with van der Waals surface area (Å²) in [6.07, 6.45) is 1.89. The average Bonchev–Trinajstić information content (AvgIpc) is 2.86. The minimum Gasteiger partial charge on any atom is -0.478 e. The molecule has 0 saturated heterocycles. The molecular weight excluding hydrogens is 268 g/mol. The number of anilines is 1. The van der Waals surface area contributed by atoms with E-state index in [1.165, 1.54) is 0 Å². The lowest BCUT2D eigenvalue weighted by Gasteiger charge is -2.17. The fraction of sp³-hybridized carbons (Fsp3) is 0.400. The SMILES string of the molecule is Cc1c(NCc2cn(C(C)(C)C)nn2)cccc1C(=O)O. The van der Waals surface area contributed by atoms with Gasteiger partial charge < -0.3 is 10.4 Å². The Morgan fingerprint density at radius 2 is 2.10 bits per heavy atom. The van der Waals surface area contributed by atoms with Crippen LogP contribution in [0.4, 0.5) is 5.69 Å². The van der Waals surface area contributed by atoms with Gasteiger partial charge in [0.25, 0.3) is 0 Å².